The van der Waals surface area contributed by atoms with E-state index in [1.807, 2.05) is 6.07 Å². The highest BCUT2D eigenvalue weighted by Crippen LogP contribution is 2.27. The van der Waals surface area contributed by atoms with Crippen LogP contribution in [0.15, 0.2) is 66.9 Å². The fourth-order valence-electron chi connectivity index (χ4n) is 2.30. The van der Waals surface area contributed by atoms with E-state index in [0.717, 1.165) is 29.5 Å². The molecule has 1 aromatic heterocycles. The van der Waals surface area contributed by atoms with Crippen LogP contribution in [0.2, 0.25) is 0 Å². The van der Waals surface area contributed by atoms with Gasteiger partial charge in [0.2, 0.25) is 0 Å². The van der Waals surface area contributed by atoms with E-state index in [1.165, 1.54) is 0 Å². The summed E-state index contributed by atoms with van der Waals surface area (Å²) in [5.41, 5.74) is 1.13. The lowest BCUT2D eigenvalue weighted by Crippen LogP contribution is -2.12. The Kier molecular flexibility index (Phi) is 4.90. The summed E-state index contributed by atoms with van der Waals surface area (Å²) in [6, 6.07) is 17.4. The average Bonchev–Trinajstić information content (AvgIpc) is 2.68. The number of hydrogen-bond acceptors (Lipinski definition) is 4. The molecule has 134 valence electrons. The van der Waals surface area contributed by atoms with Crippen molar-refractivity contribution in [3.05, 3.63) is 83.7 Å². The van der Waals surface area contributed by atoms with Crippen LogP contribution in [-0.2, 0) is 6.18 Å². The van der Waals surface area contributed by atoms with Crippen LogP contribution >= 0.6 is 0 Å². The summed E-state index contributed by atoms with van der Waals surface area (Å²) in [4.78, 5) is 15.3. The summed E-state index contributed by atoms with van der Waals surface area (Å²) >= 11 is 0. The van der Waals surface area contributed by atoms with Crippen LogP contribution in [0.4, 0.5) is 13.2 Å². The van der Waals surface area contributed by atoms with Crippen LogP contribution in [0.25, 0.3) is 11.1 Å². The lowest BCUT2D eigenvalue weighted by atomic mass is 10.0. The number of rotatable bonds is 3. The van der Waals surface area contributed by atoms with Crippen molar-refractivity contribution in [2.75, 3.05) is 0 Å². The van der Waals surface area contributed by atoms with Crippen molar-refractivity contribution in [1.82, 2.24) is 4.98 Å². The van der Waals surface area contributed by atoms with Crippen LogP contribution in [0.5, 0.6) is 5.75 Å². The van der Waals surface area contributed by atoms with Gasteiger partial charge in [0.25, 0.3) is 0 Å². The predicted molar refractivity (Wildman–Crippen MR) is 90.8 cm³/mol. The maximum absolute atomic E-state index is 12.5. The second-order valence-corrected chi connectivity index (χ2v) is 5.53. The van der Waals surface area contributed by atoms with Crippen molar-refractivity contribution in [2.24, 2.45) is 0 Å². The van der Waals surface area contributed by atoms with Crippen molar-refractivity contribution in [3.8, 4) is 22.9 Å². The first-order valence-electron chi connectivity index (χ1n) is 7.73. The van der Waals surface area contributed by atoms with E-state index in [1.54, 1.807) is 48.5 Å². The molecule has 0 saturated carbocycles. The number of alkyl halides is 3. The maximum atomic E-state index is 12.5. The van der Waals surface area contributed by atoms with Gasteiger partial charge in [0.15, 0.2) is 0 Å². The zero-order valence-corrected chi connectivity index (χ0v) is 13.7. The lowest BCUT2D eigenvalue weighted by molar-refractivity contribution is -0.141. The first-order valence-corrected chi connectivity index (χ1v) is 7.73. The summed E-state index contributed by atoms with van der Waals surface area (Å²) in [5.74, 6) is -0.556. The van der Waals surface area contributed by atoms with Crippen molar-refractivity contribution in [3.63, 3.8) is 0 Å². The minimum absolute atomic E-state index is 0.0841. The van der Waals surface area contributed by atoms with Gasteiger partial charge >= 0.3 is 12.1 Å². The number of carbonyl (C=O) groups is 1. The molecule has 0 aliphatic carbocycles. The Morgan fingerprint density at radius 2 is 1.52 bits per heavy atom. The van der Waals surface area contributed by atoms with Gasteiger partial charge < -0.3 is 4.74 Å². The summed E-state index contributed by atoms with van der Waals surface area (Å²) in [7, 11) is 0. The molecule has 0 aliphatic heterocycles. The Balaban J connectivity index is 1.70. The Labute approximate surface area is 152 Å². The number of benzene rings is 2. The zero-order chi connectivity index (χ0) is 19.4. The van der Waals surface area contributed by atoms with Crippen LogP contribution in [-0.4, -0.2) is 11.0 Å². The third kappa shape index (κ3) is 4.30. The predicted octanol–water partition coefficient (Wildman–Crippen LogP) is 4.86. The lowest BCUT2D eigenvalue weighted by Gasteiger charge is -2.08. The smallest absolute Gasteiger partial charge is 0.423 e. The highest BCUT2D eigenvalue weighted by Gasteiger charge is 2.32. The van der Waals surface area contributed by atoms with Gasteiger partial charge in [-0.3, -0.25) is 4.98 Å². The quantitative estimate of drug-likeness (QED) is 0.489. The molecule has 4 nitrogen and oxygen atoms in total. The Morgan fingerprint density at radius 3 is 2.00 bits per heavy atom. The summed E-state index contributed by atoms with van der Waals surface area (Å²) in [5, 5.41) is 8.81. The van der Waals surface area contributed by atoms with E-state index >= 15 is 0 Å². The van der Waals surface area contributed by atoms with Gasteiger partial charge in [-0.05, 0) is 47.5 Å². The van der Waals surface area contributed by atoms with Crippen LogP contribution in [0.3, 0.4) is 0 Å². The number of hydrogen-bond donors (Lipinski definition) is 0. The molecule has 0 atom stereocenters. The van der Waals surface area contributed by atoms with Crippen LogP contribution in [0, 0.1) is 11.3 Å². The van der Waals surface area contributed by atoms with Gasteiger partial charge in [-0.1, -0.05) is 24.3 Å². The molecule has 3 rings (SSSR count). The van der Waals surface area contributed by atoms with Crippen molar-refractivity contribution in [2.45, 2.75) is 6.18 Å². The first-order chi connectivity index (χ1) is 12.9. The molecule has 0 saturated heterocycles. The zero-order valence-electron chi connectivity index (χ0n) is 13.7. The van der Waals surface area contributed by atoms with Gasteiger partial charge in [-0.2, -0.15) is 18.4 Å². The normalized spacial score (nSPS) is 10.9. The molecular formula is C20H11F3N2O2. The number of carbonyl (C=O) groups excluding carboxylic acids is 1. The molecule has 2 aromatic carbocycles. The summed E-state index contributed by atoms with van der Waals surface area (Å²) in [6.07, 6.45) is -3.74. The standard InChI is InChI=1S/C20H11F3N2O2/c21-20(22,23)18-10-7-16(12-25-18)19(26)27-17-8-5-15(6-9-17)14-3-1-13(11-24)2-4-14/h1-10,12H. The molecule has 7 heteroatoms. The van der Waals surface area contributed by atoms with Gasteiger partial charge in [0.1, 0.15) is 11.4 Å². The third-order valence-corrected chi connectivity index (χ3v) is 3.70. The molecule has 27 heavy (non-hydrogen) atoms. The molecule has 0 amide bonds. The molecule has 3 aromatic rings. The number of nitrogens with zero attached hydrogens (tertiary/aromatic N) is 2. The second kappa shape index (κ2) is 7.30. The number of pyridine rings is 1. The molecule has 0 radical (unpaired) electrons. The number of ether oxygens (including phenoxy) is 1. The van der Waals surface area contributed by atoms with Gasteiger partial charge in [0.05, 0.1) is 17.2 Å². The SMILES string of the molecule is N#Cc1ccc(-c2ccc(OC(=O)c3ccc(C(F)(F)F)nc3)cc2)cc1. The molecule has 1 heterocycles. The van der Waals surface area contributed by atoms with Crippen LogP contribution < -0.4 is 4.74 Å². The van der Waals surface area contributed by atoms with E-state index in [-0.39, 0.29) is 11.3 Å². The Bertz CT molecular complexity index is 988. The second-order valence-electron chi connectivity index (χ2n) is 5.53. The molecule has 0 aliphatic rings. The van der Waals surface area contributed by atoms with E-state index in [2.05, 4.69) is 4.98 Å². The molecule has 0 spiro atoms. The molecule has 0 fully saturated rings. The average molecular weight is 368 g/mol. The van der Waals surface area contributed by atoms with E-state index < -0.39 is 17.8 Å². The molecule has 0 N–H and O–H groups in total. The van der Waals surface area contributed by atoms with Crippen molar-refractivity contribution in [1.29, 1.82) is 5.26 Å². The largest absolute Gasteiger partial charge is 0.433 e. The molecule has 0 unspecified atom stereocenters. The fourth-order valence-corrected chi connectivity index (χ4v) is 2.30. The third-order valence-electron chi connectivity index (χ3n) is 3.70. The Hall–Kier alpha value is -3.66. The number of halogens is 3. The van der Waals surface area contributed by atoms with Gasteiger partial charge in [0, 0.05) is 6.20 Å². The molecule has 0 bridgehead atoms. The minimum Gasteiger partial charge on any atom is -0.423 e. The highest BCUT2D eigenvalue weighted by atomic mass is 19.4. The van der Waals surface area contributed by atoms with E-state index in [4.69, 9.17) is 10.00 Å². The fraction of sp³-hybridized carbons (Fsp3) is 0.0500. The highest BCUT2D eigenvalue weighted by molar-refractivity contribution is 5.90. The van der Waals surface area contributed by atoms with Crippen molar-refractivity contribution < 1.29 is 22.7 Å². The van der Waals surface area contributed by atoms with Crippen molar-refractivity contribution >= 4 is 5.97 Å². The van der Waals surface area contributed by atoms with Gasteiger partial charge in [-0.25, -0.2) is 4.79 Å². The van der Waals surface area contributed by atoms with E-state index in [9.17, 15) is 18.0 Å². The summed E-state index contributed by atoms with van der Waals surface area (Å²) < 4.78 is 42.6. The number of esters is 1. The minimum atomic E-state index is -4.57. The van der Waals surface area contributed by atoms with E-state index in [0.29, 0.717) is 5.56 Å². The van der Waals surface area contributed by atoms with Crippen LogP contribution in [0.1, 0.15) is 21.6 Å². The summed E-state index contributed by atoms with van der Waals surface area (Å²) in [6.45, 7) is 0. The topological polar surface area (TPSA) is 63.0 Å². The number of aromatic nitrogens is 1. The van der Waals surface area contributed by atoms with Gasteiger partial charge in [-0.15, -0.1) is 0 Å². The molecular weight excluding hydrogens is 357 g/mol. The maximum Gasteiger partial charge on any atom is 0.433 e. The first kappa shape index (κ1) is 18.1. The number of nitriles is 1. The Morgan fingerprint density at radius 1 is 0.926 bits per heavy atom. The monoisotopic (exact) mass is 368 g/mol.